The van der Waals surface area contributed by atoms with E-state index in [1.807, 2.05) is 0 Å². The Morgan fingerprint density at radius 1 is 1.50 bits per heavy atom. The molecular formula is C3H10ClOP. The third kappa shape index (κ3) is 8.82. The molecule has 0 fully saturated rings. The molecule has 1 atom stereocenters. The quantitative estimate of drug-likeness (QED) is 0.542. The van der Waals surface area contributed by atoms with Crippen LogP contribution in [0, 0.1) is 0 Å². The maximum absolute atomic E-state index is 8.05. The second kappa shape index (κ2) is 9.19. The van der Waals surface area contributed by atoms with Crippen LogP contribution < -0.4 is 0 Å². The molecule has 0 saturated carbocycles. The highest BCUT2D eigenvalue weighted by Crippen LogP contribution is 1.82. The molecule has 1 nitrogen and oxygen atoms in total. The van der Waals surface area contributed by atoms with Gasteiger partial charge in [-0.3, -0.25) is 0 Å². The Balaban J connectivity index is 0. The molecule has 6 heavy (non-hydrogen) atoms. The molecular weight excluding hydrogens is 118 g/mol. The molecule has 0 spiro atoms. The molecule has 0 aromatic carbocycles. The second-order valence-corrected chi connectivity index (χ2v) is 1.44. The molecule has 0 radical (unpaired) electrons. The van der Waals surface area contributed by atoms with E-state index in [1.165, 1.54) is 0 Å². The molecule has 0 heterocycles. The maximum atomic E-state index is 8.05. The highest BCUT2D eigenvalue weighted by Gasteiger charge is 1.69. The van der Waals surface area contributed by atoms with Crippen molar-refractivity contribution in [1.82, 2.24) is 0 Å². The van der Waals surface area contributed by atoms with Crippen molar-refractivity contribution < 1.29 is 5.11 Å². The Hall–Kier alpha value is 0.680. The summed E-state index contributed by atoms with van der Waals surface area (Å²) in [6, 6.07) is 0. The standard InChI is InChI=1S/C3H9OP.ClH/c4-2-1-3-5;/h4H,1-3,5H2;1H. The van der Waals surface area contributed by atoms with Crippen molar-refractivity contribution in [2.75, 3.05) is 12.8 Å². The summed E-state index contributed by atoms with van der Waals surface area (Å²) in [6.07, 6.45) is 1.92. The summed E-state index contributed by atoms with van der Waals surface area (Å²) in [7, 11) is 2.54. The van der Waals surface area contributed by atoms with Crippen molar-refractivity contribution in [3.8, 4) is 0 Å². The van der Waals surface area contributed by atoms with E-state index in [4.69, 9.17) is 5.11 Å². The molecule has 0 amide bonds. The van der Waals surface area contributed by atoms with E-state index in [-0.39, 0.29) is 12.4 Å². The lowest BCUT2D eigenvalue weighted by Gasteiger charge is -1.79. The molecule has 0 rings (SSSR count). The average Bonchev–Trinajstić information content (AvgIpc) is 1.41. The zero-order valence-corrected chi connectivity index (χ0v) is 5.53. The van der Waals surface area contributed by atoms with E-state index >= 15 is 0 Å². The van der Waals surface area contributed by atoms with E-state index < -0.39 is 0 Å². The van der Waals surface area contributed by atoms with E-state index in [1.54, 1.807) is 0 Å². The number of rotatable bonds is 2. The lowest BCUT2D eigenvalue weighted by atomic mass is 10.5. The molecule has 1 N–H and O–H groups in total. The Bertz CT molecular complexity index is 18.3. The molecule has 0 bridgehead atoms. The van der Waals surface area contributed by atoms with E-state index in [0.717, 1.165) is 12.6 Å². The molecule has 0 aromatic heterocycles. The number of hydrogen-bond acceptors (Lipinski definition) is 1. The summed E-state index contributed by atoms with van der Waals surface area (Å²) >= 11 is 0. The van der Waals surface area contributed by atoms with Gasteiger partial charge in [0.2, 0.25) is 0 Å². The molecule has 0 aromatic rings. The topological polar surface area (TPSA) is 20.2 Å². The van der Waals surface area contributed by atoms with Gasteiger partial charge < -0.3 is 5.11 Å². The first-order valence-electron chi connectivity index (χ1n) is 1.72. The van der Waals surface area contributed by atoms with E-state index in [9.17, 15) is 0 Å². The largest absolute Gasteiger partial charge is 0.396 e. The Labute approximate surface area is 46.7 Å². The van der Waals surface area contributed by atoms with Crippen LogP contribution in [0.5, 0.6) is 0 Å². The number of halogens is 1. The molecule has 0 saturated heterocycles. The van der Waals surface area contributed by atoms with Crippen molar-refractivity contribution in [1.29, 1.82) is 0 Å². The van der Waals surface area contributed by atoms with E-state index in [0.29, 0.717) is 6.61 Å². The highest BCUT2D eigenvalue weighted by atomic mass is 35.5. The minimum atomic E-state index is 0. The Kier molecular flexibility index (Phi) is 15.1. The van der Waals surface area contributed by atoms with Crippen LogP contribution in [0.1, 0.15) is 6.42 Å². The molecule has 0 aliphatic rings. The van der Waals surface area contributed by atoms with Crippen LogP contribution in [-0.2, 0) is 0 Å². The lowest BCUT2D eigenvalue weighted by molar-refractivity contribution is 0.296. The first kappa shape index (κ1) is 9.84. The minimum absolute atomic E-state index is 0. The number of hydrogen-bond donors (Lipinski definition) is 1. The maximum Gasteiger partial charge on any atom is 0.0434 e. The normalized spacial score (nSPS) is 7.00. The van der Waals surface area contributed by atoms with Crippen molar-refractivity contribution in [3.05, 3.63) is 0 Å². The van der Waals surface area contributed by atoms with Gasteiger partial charge in [0.1, 0.15) is 0 Å². The van der Waals surface area contributed by atoms with Crippen molar-refractivity contribution in [3.63, 3.8) is 0 Å². The first-order chi connectivity index (χ1) is 2.41. The van der Waals surface area contributed by atoms with Gasteiger partial charge in [-0.1, -0.05) is 0 Å². The monoisotopic (exact) mass is 128 g/mol. The van der Waals surface area contributed by atoms with Gasteiger partial charge in [-0.2, -0.15) is 0 Å². The van der Waals surface area contributed by atoms with Crippen LogP contribution >= 0.6 is 21.6 Å². The van der Waals surface area contributed by atoms with Gasteiger partial charge >= 0.3 is 0 Å². The fraction of sp³-hybridized carbons (Fsp3) is 1.00. The van der Waals surface area contributed by atoms with Crippen molar-refractivity contribution >= 4 is 21.6 Å². The summed E-state index contributed by atoms with van der Waals surface area (Å²) in [5.74, 6) is 0. The Morgan fingerprint density at radius 3 is 2.00 bits per heavy atom. The zero-order chi connectivity index (χ0) is 4.12. The smallest absolute Gasteiger partial charge is 0.0434 e. The third-order valence-electron chi connectivity index (χ3n) is 0.362. The van der Waals surface area contributed by atoms with Gasteiger partial charge in [-0.05, 0) is 12.6 Å². The lowest BCUT2D eigenvalue weighted by Crippen LogP contribution is -1.78. The zero-order valence-electron chi connectivity index (χ0n) is 3.55. The van der Waals surface area contributed by atoms with Gasteiger partial charge in [0.05, 0.1) is 0 Å². The van der Waals surface area contributed by atoms with Crippen LogP contribution in [0.15, 0.2) is 0 Å². The van der Waals surface area contributed by atoms with Gasteiger partial charge in [0.25, 0.3) is 0 Å². The summed E-state index contributed by atoms with van der Waals surface area (Å²) < 4.78 is 0. The van der Waals surface area contributed by atoms with Crippen LogP contribution in [0.4, 0.5) is 0 Å². The highest BCUT2D eigenvalue weighted by molar-refractivity contribution is 7.16. The first-order valence-corrected chi connectivity index (χ1v) is 2.54. The fourth-order valence-electron chi connectivity index (χ4n) is 0.0913. The number of aliphatic hydroxyl groups is 1. The minimum Gasteiger partial charge on any atom is -0.396 e. The van der Waals surface area contributed by atoms with Crippen LogP contribution in [-0.4, -0.2) is 17.9 Å². The summed E-state index contributed by atoms with van der Waals surface area (Å²) in [5, 5.41) is 8.05. The van der Waals surface area contributed by atoms with Crippen molar-refractivity contribution in [2.45, 2.75) is 6.42 Å². The molecule has 3 heteroatoms. The van der Waals surface area contributed by atoms with Gasteiger partial charge in [-0.15, -0.1) is 21.6 Å². The van der Waals surface area contributed by atoms with Gasteiger partial charge in [0, 0.05) is 6.61 Å². The van der Waals surface area contributed by atoms with Gasteiger partial charge in [-0.25, -0.2) is 0 Å². The van der Waals surface area contributed by atoms with Crippen LogP contribution in [0.3, 0.4) is 0 Å². The molecule has 1 unspecified atom stereocenters. The number of aliphatic hydroxyl groups excluding tert-OH is 1. The van der Waals surface area contributed by atoms with Crippen molar-refractivity contribution in [2.24, 2.45) is 0 Å². The summed E-state index contributed by atoms with van der Waals surface area (Å²) in [6.45, 7) is 0.323. The van der Waals surface area contributed by atoms with E-state index in [2.05, 4.69) is 9.24 Å². The average molecular weight is 129 g/mol. The Morgan fingerprint density at radius 2 is 2.00 bits per heavy atom. The summed E-state index contributed by atoms with van der Waals surface area (Å²) in [4.78, 5) is 0. The molecule has 0 aliphatic heterocycles. The summed E-state index contributed by atoms with van der Waals surface area (Å²) in [5.41, 5.74) is 0. The third-order valence-corrected chi connectivity index (χ3v) is 0.770. The molecule has 0 aliphatic carbocycles. The second-order valence-electron chi connectivity index (χ2n) is 0.866. The van der Waals surface area contributed by atoms with Crippen LogP contribution in [0.2, 0.25) is 0 Å². The predicted octanol–water partition coefficient (Wildman–Crippen LogP) is 0.666. The predicted molar refractivity (Wildman–Crippen MR) is 33.5 cm³/mol. The van der Waals surface area contributed by atoms with Gasteiger partial charge in [0.15, 0.2) is 0 Å². The fourth-order valence-corrected chi connectivity index (χ4v) is 0.274. The van der Waals surface area contributed by atoms with Crippen LogP contribution in [0.25, 0.3) is 0 Å². The SMILES string of the molecule is Cl.OCCCP. The molecule has 40 valence electrons.